The molecule has 112 valence electrons. The number of hydrogen-bond donors (Lipinski definition) is 1. The van der Waals surface area contributed by atoms with E-state index < -0.39 is 27.4 Å². The summed E-state index contributed by atoms with van der Waals surface area (Å²) in [5.41, 5.74) is -0.569. The molecule has 2 atom stereocenters. The highest BCUT2D eigenvalue weighted by Gasteiger charge is 2.57. The van der Waals surface area contributed by atoms with Crippen molar-refractivity contribution in [3.05, 3.63) is 0 Å². The third-order valence-corrected chi connectivity index (χ3v) is 5.55. The second-order valence-corrected chi connectivity index (χ2v) is 8.01. The van der Waals surface area contributed by atoms with E-state index in [1.54, 1.807) is 0 Å². The lowest BCUT2D eigenvalue weighted by molar-refractivity contribution is -0.189. The zero-order valence-corrected chi connectivity index (χ0v) is 11.9. The van der Waals surface area contributed by atoms with E-state index in [1.165, 1.54) is 0 Å². The monoisotopic (exact) mass is 302 g/mol. The Morgan fingerprint density at radius 1 is 1.25 bits per heavy atom. The van der Waals surface area contributed by atoms with E-state index in [-0.39, 0.29) is 18.3 Å². The molecule has 7 heteroatoms. The van der Waals surface area contributed by atoms with Crippen molar-refractivity contribution in [2.24, 2.45) is 17.8 Å². The summed E-state index contributed by atoms with van der Waals surface area (Å²) >= 11 is 0. The van der Waals surface area contributed by atoms with Crippen molar-refractivity contribution in [3.8, 4) is 0 Å². The van der Waals surface area contributed by atoms with E-state index in [2.05, 4.69) is 0 Å². The highest BCUT2D eigenvalue weighted by Crippen LogP contribution is 2.55. The number of rotatable bonds is 4. The molecule has 0 spiro atoms. The van der Waals surface area contributed by atoms with Crippen LogP contribution in [0.15, 0.2) is 0 Å². The summed E-state index contributed by atoms with van der Waals surface area (Å²) in [6.07, 6.45) is 3.41. The van der Waals surface area contributed by atoms with Gasteiger partial charge < -0.3 is 4.74 Å². The number of ether oxygens (including phenoxy) is 1. The SMILES string of the molecule is O=C(CCS(=O)(=O)O)OC12CC3CC(C1)C(=O)C(C3)C2. The van der Waals surface area contributed by atoms with Gasteiger partial charge in [-0.3, -0.25) is 14.1 Å². The third-order valence-electron chi connectivity index (χ3n) is 4.83. The van der Waals surface area contributed by atoms with Crippen LogP contribution in [0.4, 0.5) is 0 Å². The minimum Gasteiger partial charge on any atom is -0.459 e. The molecule has 0 aromatic carbocycles. The second kappa shape index (κ2) is 4.53. The van der Waals surface area contributed by atoms with E-state index >= 15 is 0 Å². The van der Waals surface area contributed by atoms with Gasteiger partial charge in [0, 0.05) is 11.8 Å². The van der Waals surface area contributed by atoms with Gasteiger partial charge in [-0.25, -0.2) is 0 Å². The lowest BCUT2D eigenvalue weighted by atomic mass is 9.53. The molecule has 4 bridgehead atoms. The van der Waals surface area contributed by atoms with E-state index in [0.717, 1.165) is 19.3 Å². The van der Waals surface area contributed by atoms with Gasteiger partial charge in [-0.2, -0.15) is 8.42 Å². The average molecular weight is 302 g/mol. The van der Waals surface area contributed by atoms with Crippen LogP contribution < -0.4 is 0 Å². The molecule has 4 fully saturated rings. The zero-order valence-electron chi connectivity index (χ0n) is 11.1. The standard InChI is InChI=1S/C13H18O6S/c14-11(1-2-20(16,17)18)19-13-5-8-3-9(6-13)12(15)10(4-8)7-13/h8-10H,1-7H2,(H,16,17,18). The Labute approximate surface area is 117 Å². The van der Waals surface area contributed by atoms with Gasteiger partial charge in [-0.1, -0.05) is 0 Å². The van der Waals surface area contributed by atoms with Gasteiger partial charge in [0.2, 0.25) is 0 Å². The van der Waals surface area contributed by atoms with Crippen LogP contribution in [0.1, 0.15) is 38.5 Å². The van der Waals surface area contributed by atoms with Crippen molar-refractivity contribution in [1.82, 2.24) is 0 Å². The lowest BCUT2D eigenvalue weighted by Crippen LogP contribution is -2.56. The molecule has 0 amide bonds. The van der Waals surface area contributed by atoms with Gasteiger partial charge >= 0.3 is 5.97 Å². The number of ketones is 1. The second-order valence-electron chi connectivity index (χ2n) is 6.44. The molecule has 6 nitrogen and oxygen atoms in total. The first-order chi connectivity index (χ1) is 9.26. The van der Waals surface area contributed by atoms with Crippen molar-refractivity contribution in [2.45, 2.75) is 44.1 Å². The molecule has 4 saturated carbocycles. The first-order valence-corrected chi connectivity index (χ1v) is 8.58. The highest BCUT2D eigenvalue weighted by molar-refractivity contribution is 7.85. The summed E-state index contributed by atoms with van der Waals surface area (Å²) in [5.74, 6) is -0.440. The van der Waals surface area contributed by atoms with Crippen molar-refractivity contribution < 1.29 is 27.3 Å². The molecule has 0 radical (unpaired) electrons. The van der Waals surface area contributed by atoms with Crippen LogP contribution in [-0.2, 0) is 24.4 Å². The maximum Gasteiger partial charge on any atom is 0.307 e. The van der Waals surface area contributed by atoms with Crippen LogP contribution in [-0.4, -0.2) is 36.1 Å². The van der Waals surface area contributed by atoms with Crippen molar-refractivity contribution in [3.63, 3.8) is 0 Å². The fourth-order valence-electron chi connectivity index (χ4n) is 4.31. The summed E-state index contributed by atoms with van der Waals surface area (Å²) in [7, 11) is -4.15. The summed E-state index contributed by atoms with van der Waals surface area (Å²) in [4.78, 5) is 23.8. The molecule has 2 unspecified atom stereocenters. The first-order valence-electron chi connectivity index (χ1n) is 6.97. The predicted octanol–water partition coefficient (Wildman–Crippen LogP) is 0.955. The molecular formula is C13H18O6S. The number of carbonyl (C=O) groups is 2. The normalized spacial score (nSPS) is 39.0. The largest absolute Gasteiger partial charge is 0.459 e. The smallest absolute Gasteiger partial charge is 0.307 e. The minimum absolute atomic E-state index is 0.00984. The number of hydrogen-bond acceptors (Lipinski definition) is 5. The zero-order chi connectivity index (χ0) is 14.5. The third kappa shape index (κ3) is 2.61. The van der Waals surface area contributed by atoms with E-state index in [4.69, 9.17) is 9.29 Å². The minimum atomic E-state index is -4.15. The van der Waals surface area contributed by atoms with Crippen molar-refractivity contribution >= 4 is 21.9 Å². The summed E-state index contributed by atoms with van der Waals surface area (Å²) < 4.78 is 35.5. The fraction of sp³-hybridized carbons (Fsp3) is 0.846. The molecule has 0 saturated heterocycles. The van der Waals surface area contributed by atoms with Crippen LogP contribution >= 0.6 is 0 Å². The Balaban J connectivity index is 1.66. The van der Waals surface area contributed by atoms with Gasteiger partial charge in [0.15, 0.2) is 0 Å². The molecule has 4 aliphatic rings. The first kappa shape index (κ1) is 14.0. The Kier molecular flexibility index (Phi) is 3.17. The summed E-state index contributed by atoms with van der Waals surface area (Å²) in [5, 5.41) is 0. The summed E-state index contributed by atoms with van der Waals surface area (Å²) in [6, 6.07) is 0. The number of carbonyl (C=O) groups excluding carboxylic acids is 2. The van der Waals surface area contributed by atoms with Crippen LogP contribution in [0, 0.1) is 17.8 Å². The molecular weight excluding hydrogens is 284 g/mol. The van der Waals surface area contributed by atoms with Gasteiger partial charge in [0.1, 0.15) is 11.4 Å². The molecule has 0 heterocycles. The molecule has 4 rings (SSSR count). The molecule has 0 aliphatic heterocycles. The Bertz CT molecular complexity index is 533. The number of esters is 1. The van der Waals surface area contributed by atoms with Crippen LogP contribution in [0.2, 0.25) is 0 Å². The van der Waals surface area contributed by atoms with Crippen LogP contribution in [0.25, 0.3) is 0 Å². The molecule has 1 N–H and O–H groups in total. The maximum atomic E-state index is 12.0. The quantitative estimate of drug-likeness (QED) is 0.613. The summed E-state index contributed by atoms with van der Waals surface area (Å²) in [6.45, 7) is 0. The van der Waals surface area contributed by atoms with Crippen molar-refractivity contribution in [2.75, 3.05) is 5.75 Å². The maximum absolute atomic E-state index is 12.0. The van der Waals surface area contributed by atoms with Gasteiger partial charge in [0.25, 0.3) is 10.1 Å². The van der Waals surface area contributed by atoms with Crippen LogP contribution in [0.3, 0.4) is 0 Å². The Morgan fingerprint density at radius 2 is 1.85 bits per heavy atom. The van der Waals surface area contributed by atoms with Gasteiger partial charge in [-0.05, 0) is 38.0 Å². The number of Topliss-reactive ketones (excluding diaryl/α,β-unsaturated/α-hetero) is 1. The predicted molar refractivity (Wildman–Crippen MR) is 68.4 cm³/mol. The molecule has 0 aromatic heterocycles. The van der Waals surface area contributed by atoms with E-state index in [1.807, 2.05) is 0 Å². The Morgan fingerprint density at radius 3 is 2.40 bits per heavy atom. The molecule has 4 aliphatic carbocycles. The lowest BCUT2D eigenvalue weighted by Gasteiger charge is -2.54. The Hall–Kier alpha value is -0.950. The van der Waals surface area contributed by atoms with E-state index in [9.17, 15) is 18.0 Å². The van der Waals surface area contributed by atoms with Crippen LogP contribution in [0.5, 0.6) is 0 Å². The van der Waals surface area contributed by atoms with Gasteiger partial charge in [-0.15, -0.1) is 0 Å². The van der Waals surface area contributed by atoms with Crippen molar-refractivity contribution in [1.29, 1.82) is 0 Å². The fourth-order valence-corrected chi connectivity index (χ4v) is 4.73. The highest BCUT2D eigenvalue weighted by atomic mass is 32.2. The topological polar surface area (TPSA) is 97.7 Å². The average Bonchev–Trinajstić information content (AvgIpc) is 2.31. The van der Waals surface area contributed by atoms with E-state index in [0.29, 0.717) is 24.5 Å². The van der Waals surface area contributed by atoms with Gasteiger partial charge in [0.05, 0.1) is 12.2 Å². The molecule has 20 heavy (non-hydrogen) atoms. The molecule has 0 aromatic rings.